The van der Waals surface area contributed by atoms with Crippen LogP contribution in [0.5, 0.6) is 0 Å². The molecule has 4 heterocycles. The number of nitrogens with zero attached hydrogens (tertiary/aromatic N) is 2. The second kappa shape index (κ2) is 12.1. The molecule has 4 aromatic heterocycles. The average molecular weight is 757 g/mol. The van der Waals surface area contributed by atoms with Gasteiger partial charge < -0.3 is 13.6 Å². The molecule has 0 aliphatic carbocycles. The number of rotatable bonds is 4. The largest absolute Gasteiger partial charge is 0.456 e. The molecule has 270 valence electrons. The lowest BCUT2D eigenvalue weighted by Gasteiger charge is -2.11. The second-order valence-corrected chi connectivity index (χ2v) is 16.4. The number of hydrogen-bond donors (Lipinski definition) is 0. The highest BCUT2D eigenvalue weighted by atomic mass is 32.1. The minimum absolute atomic E-state index is 0.907. The van der Waals surface area contributed by atoms with E-state index < -0.39 is 0 Å². The Balaban J connectivity index is 0.936. The number of benzene rings is 9. The van der Waals surface area contributed by atoms with Crippen LogP contribution in [-0.4, -0.2) is 9.13 Å². The molecule has 0 unspecified atom stereocenters. The summed E-state index contributed by atoms with van der Waals surface area (Å²) in [5, 5.41) is 9.90. The van der Waals surface area contributed by atoms with Gasteiger partial charge in [0.05, 0.1) is 22.1 Å². The van der Waals surface area contributed by atoms with E-state index in [-0.39, 0.29) is 0 Å². The van der Waals surface area contributed by atoms with Crippen LogP contribution >= 0.6 is 11.3 Å². The fourth-order valence-corrected chi connectivity index (χ4v) is 10.5. The third kappa shape index (κ3) is 4.61. The van der Waals surface area contributed by atoms with E-state index in [0.29, 0.717) is 0 Å². The van der Waals surface area contributed by atoms with Crippen molar-refractivity contribution in [3.05, 3.63) is 194 Å². The van der Waals surface area contributed by atoms with Crippen molar-refractivity contribution >= 4 is 97.1 Å². The van der Waals surface area contributed by atoms with Gasteiger partial charge in [-0.2, -0.15) is 0 Å². The van der Waals surface area contributed by atoms with E-state index >= 15 is 0 Å². The van der Waals surface area contributed by atoms with Crippen LogP contribution in [0.1, 0.15) is 0 Å². The van der Waals surface area contributed by atoms with Gasteiger partial charge >= 0.3 is 0 Å². The summed E-state index contributed by atoms with van der Waals surface area (Å²) in [5.74, 6) is 0. The number of para-hydroxylation sites is 3. The fourth-order valence-electron chi connectivity index (χ4n) is 9.44. The average Bonchev–Trinajstić information content (AvgIpc) is 4.03. The number of aromatic nitrogens is 2. The molecule has 13 rings (SSSR count). The molecule has 4 heteroatoms. The van der Waals surface area contributed by atoms with Crippen molar-refractivity contribution in [2.45, 2.75) is 0 Å². The van der Waals surface area contributed by atoms with Crippen molar-refractivity contribution in [2.75, 3.05) is 0 Å². The van der Waals surface area contributed by atoms with Crippen LogP contribution in [0.4, 0.5) is 0 Å². The van der Waals surface area contributed by atoms with E-state index in [1.54, 1.807) is 0 Å². The van der Waals surface area contributed by atoms with Crippen molar-refractivity contribution in [1.29, 1.82) is 0 Å². The molecule has 9 aromatic carbocycles. The smallest absolute Gasteiger partial charge is 0.136 e. The number of thiophene rings is 1. The van der Waals surface area contributed by atoms with Crippen LogP contribution in [0.25, 0.3) is 119 Å². The van der Waals surface area contributed by atoms with Gasteiger partial charge in [-0.05, 0) is 113 Å². The van der Waals surface area contributed by atoms with E-state index in [1.807, 2.05) is 23.5 Å². The van der Waals surface area contributed by atoms with Gasteiger partial charge in [-0.3, -0.25) is 0 Å². The summed E-state index contributed by atoms with van der Waals surface area (Å²) < 4.78 is 13.7. The predicted octanol–water partition coefficient (Wildman–Crippen LogP) is 15.5. The maximum absolute atomic E-state index is 6.26. The highest BCUT2D eigenvalue weighted by molar-refractivity contribution is 7.25. The first-order valence-electron chi connectivity index (χ1n) is 19.7. The van der Waals surface area contributed by atoms with Gasteiger partial charge in [0.2, 0.25) is 0 Å². The van der Waals surface area contributed by atoms with Gasteiger partial charge in [-0.1, -0.05) is 103 Å². The Bertz CT molecular complexity index is 3820. The maximum atomic E-state index is 6.26. The highest BCUT2D eigenvalue weighted by Gasteiger charge is 2.18. The highest BCUT2D eigenvalue weighted by Crippen LogP contribution is 2.41. The van der Waals surface area contributed by atoms with Gasteiger partial charge in [0.15, 0.2) is 0 Å². The summed E-state index contributed by atoms with van der Waals surface area (Å²) in [6, 6.07) is 70.9. The Kier molecular flexibility index (Phi) is 6.60. The molecule has 0 fully saturated rings. The van der Waals surface area contributed by atoms with Crippen LogP contribution in [0.15, 0.2) is 199 Å². The summed E-state index contributed by atoms with van der Waals surface area (Å²) in [6.45, 7) is 0. The standard InChI is InChI=1S/C54H32N2OS/c1-5-16-47-39(12-1)44-29-34(21-25-49(44)55(47)37-11-9-10-33(28-37)36-20-24-42-41-14-3-7-18-51(41)57-52(42)31-36)35-22-26-50-45(30-35)40-13-2-6-17-48(40)56(50)38-23-27-54-46(32-38)43-15-4-8-19-53(43)58-54/h1-32H. The third-order valence-corrected chi connectivity index (χ3v) is 13.3. The van der Waals surface area contributed by atoms with Gasteiger partial charge in [0, 0.05) is 63.9 Å². The summed E-state index contributed by atoms with van der Waals surface area (Å²) >= 11 is 1.86. The van der Waals surface area contributed by atoms with Crippen LogP contribution in [-0.2, 0) is 0 Å². The second-order valence-electron chi connectivity index (χ2n) is 15.3. The molecular weight excluding hydrogens is 725 g/mol. The first-order valence-corrected chi connectivity index (χ1v) is 20.6. The Morgan fingerprint density at radius 3 is 1.57 bits per heavy atom. The van der Waals surface area contributed by atoms with Crippen LogP contribution in [0, 0.1) is 0 Å². The fraction of sp³-hybridized carbons (Fsp3) is 0. The molecule has 0 atom stereocenters. The number of hydrogen-bond acceptors (Lipinski definition) is 2. The summed E-state index contributed by atoms with van der Waals surface area (Å²) in [4.78, 5) is 0. The zero-order chi connectivity index (χ0) is 37.9. The molecule has 0 saturated carbocycles. The molecule has 13 aromatic rings. The van der Waals surface area contributed by atoms with E-state index in [9.17, 15) is 0 Å². The minimum atomic E-state index is 0.907. The molecule has 0 saturated heterocycles. The summed E-state index contributed by atoms with van der Waals surface area (Å²) in [6.07, 6.45) is 0. The molecule has 58 heavy (non-hydrogen) atoms. The lowest BCUT2D eigenvalue weighted by atomic mass is 10.0. The van der Waals surface area contributed by atoms with Gasteiger partial charge in [-0.15, -0.1) is 11.3 Å². The van der Waals surface area contributed by atoms with Crippen LogP contribution in [0.2, 0.25) is 0 Å². The van der Waals surface area contributed by atoms with Crippen molar-refractivity contribution in [3.63, 3.8) is 0 Å². The molecule has 3 nitrogen and oxygen atoms in total. The van der Waals surface area contributed by atoms with Crippen LogP contribution < -0.4 is 0 Å². The van der Waals surface area contributed by atoms with Crippen molar-refractivity contribution < 1.29 is 4.42 Å². The lowest BCUT2D eigenvalue weighted by molar-refractivity contribution is 0.669. The molecule has 0 aliphatic heterocycles. The summed E-state index contributed by atoms with van der Waals surface area (Å²) in [5.41, 5.74) is 13.6. The monoisotopic (exact) mass is 756 g/mol. The molecule has 0 aliphatic rings. The molecule has 0 spiro atoms. The first kappa shape index (κ1) is 31.8. The number of furan rings is 1. The van der Waals surface area contributed by atoms with Gasteiger partial charge in [0.1, 0.15) is 11.2 Å². The Hall–Kier alpha value is -7.40. The Morgan fingerprint density at radius 2 is 0.828 bits per heavy atom. The third-order valence-electron chi connectivity index (χ3n) is 12.1. The number of fused-ring (bicyclic) bond motifs is 12. The summed E-state index contributed by atoms with van der Waals surface area (Å²) in [7, 11) is 0. The SMILES string of the molecule is c1cc(-c2ccc3c(c2)oc2ccccc23)cc(-n2c3ccccc3c3cc(-c4ccc5c(c4)c4ccccc4n5-c4ccc5sc6ccccc6c5c4)ccc32)c1. The molecule has 0 radical (unpaired) electrons. The van der Waals surface area contributed by atoms with Gasteiger partial charge in [0.25, 0.3) is 0 Å². The topological polar surface area (TPSA) is 23.0 Å². The zero-order valence-electron chi connectivity index (χ0n) is 31.2. The predicted molar refractivity (Wildman–Crippen MR) is 246 cm³/mol. The van der Waals surface area contributed by atoms with Gasteiger partial charge in [-0.25, -0.2) is 0 Å². The Labute approximate surface area is 336 Å². The zero-order valence-corrected chi connectivity index (χ0v) is 32.0. The quantitative estimate of drug-likeness (QED) is 0.175. The van der Waals surface area contributed by atoms with Crippen molar-refractivity contribution in [2.24, 2.45) is 0 Å². The van der Waals surface area contributed by atoms with Crippen molar-refractivity contribution in [3.8, 4) is 33.6 Å². The molecular formula is C54H32N2OS. The van der Waals surface area contributed by atoms with Crippen molar-refractivity contribution in [1.82, 2.24) is 9.13 Å². The van der Waals surface area contributed by atoms with E-state index in [4.69, 9.17) is 4.42 Å². The minimum Gasteiger partial charge on any atom is -0.456 e. The maximum Gasteiger partial charge on any atom is 0.136 e. The van der Waals surface area contributed by atoms with E-state index in [1.165, 1.54) is 80.6 Å². The molecule has 0 bridgehead atoms. The molecule has 0 amide bonds. The molecule has 0 N–H and O–H groups in total. The Morgan fingerprint density at radius 1 is 0.293 bits per heavy atom. The lowest BCUT2D eigenvalue weighted by Crippen LogP contribution is -1.94. The normalized spacial score (nSPS) is 12.1. The first-order chi connectivity index (χ1) is 28.7. The van der Waals surface area contributed by atoms with Crippen LogP contribution in [0.3, 0.4) is 0 Å². The van der Waals surface area contributed by atoms with E-state index in [2.05, 4.69) is 191 Å². The van der Waals surface area contributed by atoms with E-state index in [0.717, 1.165) is 38.8 Å².